The van der Waals surface area contributed by atoms with Crippen LogP contribution in [0.1, 0.15) is 151 Å². The number of nitrogens with two attached hydrogens (primary N) is 5. The van der Waals surface area contributed by atoms with Crippen LogP contribution in [0.4, 0.5) is 28.4 Å². The Hall–Kier alpha value is -7.68. The minimum atomic E-state index is 0. The molecule has 0 spiro atoms. The van der Waals surface area contributed by atoms with Gasteiger partial charge in [0.2, 0.25) is 11.6 Å². The van der Waals surface area contributed by atoms with E-state index in [0.717, 1.165) is 101 Å². The molecular weight excluding hydrogens is 1350 g/mol. The number of hydrogen-bond acceptors (Lipinski definition) is 18. The molecule has 7 aromatic rings. The zero-order valence-electron chi connectivity index (χ0n) is 54.7. The van der Waals surface area contributed by atoms with E-state index < -0.39 is 0 Å². The molecule has 13 rings (SSSR count). The summed E-state index contributed by atoms with van der Waals surface area (Å²) in [4.78, 5) is 34.4. The second kappa shape index (κ2) is 41.4. The van der Waals surface area contributed by atoms with Crippen molar-refractivity contribution < 1.29 is 79.8 Å². The molecule has 2 aliphatic heterocycles. The SMILES string of the molecule is C.N#N.Nc1ccccc1-c1nnc(-c2ccccc2N)nn1.Nc1ccccc1C1=NN=C(c2ccccc2N)C2C(C[C-]=O)CCCCCC12.Nc1ccccc1C1=NN=C2c3ccccc3CC(=O)CC3CCCCCC1C23.O=[C-]CC1/C=C/CCCCC1.[CH3-].[CH3-].[Y].[Y]. The summed E-state index contributed by atoms with van der Waals surface area (Å²) in [6.07, 6.45) is 28.1. The van der Waals surface area contributed by atoms with E-state index in [1.54, 1.807) is 12.1 Å². The molecule has 7 unspecified atom stereocenters. The molecule has 7 atom stereocenters. The van der Waals surface area contributed by atoms with Gasteiger partial charge in [-0.25, -0.2) is 0 Å². The number of fused-ring (bicyclic) bond motifs is 3. The van der Waals surface area contributed by atoms with Crippen molar-refractivity contribution in [2.45, 2.75) is 129 Å². The van der Waals surface area contributed by atoms with E-state index in [9.17, 15) is 14.4 Å². The zero-order chi connectivity index (χ0) is 63.9. The number of hydrogen-bond donors (Lipinski definition) is 5. The van der Waals surface area contributed by atoms with E-state index in [0.29, 0.717) is 88.8 Å². The maximum Gasteiger partial charge on any atom is 0.205 e. The molecule has 2 fully saturated rings. The van der Waals surface area contributed by atoms with Gasteiger partial charge in [0, 0.05) is 175 Å². The van der Waals surface area contributed by atoms with Gasteiger partial charge >= 0.3 is 0 Å². The molecular formula is C76H91N15O3Y2-4. The Morgan fingerprint density at radius 3 is 1.28 bits per heavy atom. The van der Waals surface area contributed by atoms with Crippen LogP contribution in [-0.2, 0) is 86.2 Å². The molecule has 498 valence electrons. The van der Waals surface area contributed by atoms with Crippen LogP contribution >= 0.6 is 0 Å². The maximum atomic E-state index is 12.9. The molecule has 6 aliphatic rings. The van der Waals surface area contributed by atoms with Crippen molar-refractivity contribution >= 4 is 69.6 Å². The fourth-order valence-corrected chi connectivity index (χ4v) is 13.8. The van der Waals surface area contributed by atoms with Gasteiger partial charge in [-0.1, -0.05) is 186 Å². The van der Waals surface area contributed by atoms with E-state index in [-0.39, 0.29) is 117 Å². The van der Waals surface area contributed by atoms with Gasteiger partial charge in [-0.05, 0) is 98.4 Å². The average Bonchev–Trinajstić information content (AvgIpc) is 0.578. The van der Waals surface area contributed by atoms with Crippen molar-refractivity contribution in [3.05, 3.63) is 200 Å². The van der Waals surface area contributed by atoms with Crippen molar-refractivity contribution in [1.29, 1.82) is 10.8 Å². The second-order valence-corrected chi connectivity index (χ2v) is 24.1. The maximum absolute atomic E-state index is 12.9. The number of nitrogen functional groups attached to an aromatic ring is 5. The van der Waals surface area contributed by atoms with Gasteiger partial charge in [0.05, 0.1) is 22.8 Å². The molecule has 2 saturated carbocycles. The summed E-state index contributed by atoms with van der Waals surface area (Å²) in [6, 6.07) is 46.5. The molecule has 3 heterocycles. The standard InChI is InChI=1S/C25H27N3O.C24H27N4O.C14H12N6.C10H15O.CH4.2CH3.N2.2Y/c26-22-13-7-6-11-20(22)24-21-12-3-1-2-9-17-15-18(29)14-16-8-4-5-10-19(16)25(23(17)21)28-27-24;25-20-12-6-4-9-17(20)23-19-11-3-1-2-8-16(14-15-29)22(19)24(28-27-23)18-10-5-7-13-21(18)26;15-11-7-3-1-5-9(11)13-17-19-14(20-18-13)10-6-2-4-8-12(10)16;11-9-8-10-6-4-2-1-3-5-7-10;;;;1-2;;/h4-8,10-11,13,17,21,23H,1-3,9,12,14-15,26H2;4-7,9-10,12-13,16,19,22H,1-3,8,11,14,25-26H2;1-8H,15-16H2;4,6,10H,1-3,5,7-8H2;1H4;2*1H3;;;/q;-1;;-1;;2*-1;;;/b;;;6-4+;;;;;;. The summed E-state index contributed by atoms with van der Waals surface area (Å²) >= 11 is 0. The first-order chi connectivity index (χ1) is 44.6. The molecule has 20 heteroatoms. The van der Waals surface area contributed by atoms with Crippen LogP contribution in [-0.4, -0.2) is 61.6 Å². The monoisotopic (exact) mass is 1440 g/mol. The predicted molar refractivity (Wildman–Crippen MR) is 382 cm³/mol. The summed E-state index contributed by atoms with van der Waals surface area (Å²) in [6.45, 7) is 0. The third kappa shape index (κ3) is 20.7. The van der Waals surface area contributed by atoms with E-state index in [2.05, 4.69) is 73.3 Å². The van der Waals surface area contributed by atoms with Gasteiger partial charge in [0.15, 0.2) is 0 Å². The summed E-state index contributed by atoms with van der Waals surface area (Å²) in [5.74, 6) is 2.84. The number of nitrogens with zero attached hydrogens (tertiary/aromatic N) is 10. The largest absolute Gasteiger partial charge is 0.542 e. The van der Waals surface area contributed by atoms with Crippen molar-refractivity contribution in [2.75, 3.05) is 28.7 Å². The zero-order valence-corrected chi connectivity index (χ0v) is 60.4. The van der Waals surface area contributed by atoms with Gasteiger partial charge < -0.3 is 53.1 Å². The third-order valence-electron chi connectivity index (χ3n) is 18.2. The van der Waals surface area contributed by atoms with Crippen LogP contribution in [0.2, 0.25) is 0 Å². The number of anilines is 5. The molecule has 10 N–H and O–H groups in total. The smallest absolute Gasteiger partial charge is 0.205 e. The van der Waals surface area contributed by atoms with Gasteiger partial charge in [-0.3, -0.25) is 17.4 Å². The topological polar surface area (TPSA) is 330 Å². The molecule has 96 heavy (non-hydrogen) atoms. The number of para-hydroxylation sites is 5. The van der Waals surface area contributed by atoms with Gasteiger partial charge in [-0.2, -0.15) is 20.4 Å². The van der Waals surface area contributed by atoms with Gasteiger partial charge in [0.25, 0.3) is 0 Å². The number of aromatic nitrogens is 4. The number of ketones is 1. The second-order valence-electron chi connectivity index (χ2n) is 24.1. The Balaban J connectivity index is 0.000000277. The summed E-state index contributed by atoms with van der Waals surface area (Å²) in [7, 11) is 0. The molecule has 0 saturated heterocycles. The number of carbonyl (C=O) groups is 1. The van der Waals surface area contributed by atoms with Crippen LogP contribution < -0.4 is 28.7 Å². The molecule has 6 aromatic carbocycles. The van der Waals surface area contributed by atoms with Crippen molar-refractivity contribution in [1.82, 2.24) is 20.4 Å². The Morgan fingerprint density at radius 1 is 0.427 bits per heavy atom. The quantitative estimate of drug-likeness (QED) is 0.0388. The third-order valence-corrected chi connectivity index (χ3v) is 18.2. The van der Waals surface area contributed by atoms with Gasteiger partial charge in [0.1, 0.15) is 5.78 Å². The Labute approximate surface area is 618 Å². The van der Waals surface area contributed by atoms with Crippen LogP contribution in [0, 0.1) is 67.1 Å². The molecule has 2 radical (unpaired) electrons. The molecule has 0 amide bonds. The van der Waals surface area contributed by atoms with Crippen LogP contribution in [0.15, 0.2) is 178 Å². The van der Waals surface area contributed by atoms with E-state index in [1.807, 2.05) is 115 Å². The van der Waals surface area contributed by atoms with E-state index in [4.69, 9.17) is 49.7 Å². The number of carbonyl (C=O) groups excluding carboxylic acids is 3. The van der Waals surface area contributed by atoms with Crippen molar-refractivity contribution in [3.8, 4) is 22.8 Å². The Morgan fingerprint density at radius 2 is 0.802 bits per heavy atom. The van der Waals surface area contributed by atoms with E-state index >= 15 is 0 Å². The first-order valence-electron chi connectivity index (χ1n) is 31.9. The van der Waals surface area contributed by atoms with Crippen LogP contribution in [0.25, 0.3) is 22.8 Å². The average molecular weight is 1440 g/mol. The Bertz CT molecular complexity index is 3680. The number of allylic oxidation sites excluding steroid dienone is 2. The van der Waals surface area contributed by atoms with Crippen molar-refractivity contribution in [2.24, 2.45) is 61.8 Å². The number of rotatable bonds is 9. The van der Waals surface area contributed by atoms with E-state index in [1.165, 1.54) is 51.4 Å². The van der Waals surface area contributed by atoms with Crippen LogP contribution in [0.5, 0.6) is 0 Å². The fraction of sp³-hybridized carbons (Fsp3) is 0.355. The van der Waals surface area contributed by atoms with Gasteiger partial charge in [-0.15, -0.1) is 33.2 Å². The first-order valence-corrected chi connectivity index (χ1v) is 31.9. The summed E-state index contributed by atoms with van der Waals surface area (Å²) in [5.41, 5.74) is 44.4. The van der Waals surface area contributed by atoms with Crippen molar-refractivity contribution in [3.63, 3.8) is 0 Å². The van der Waals surface area contributed by atoms with Crippen LogP contribution in [0.3, 0.4) is 0 Å². The summed E-state index contributed by atoms with van der Waals surface area (Å²) in [5, 5.41) is 47.2. The molecule has 1 aromatic heterocycles. The fourth-order valence-electron chi connectivity index (χ4n) is 13.8. The number of Topliss-reactive ketones (excluding diaryl/α,β-unsaturated/α-hetero) is 1. The minimum Gasteiger partial charge on any atom is -0.542 e. The summed E-state index contributed by atoms with van der Waals surface area (Å²) < 4.78 is 0. The minimum absolute atomic E-state index is 0. The molecule has 18 nitrogen and oxygen atoms in total. The molecule has 4 aliphatic carbocycles. The first kappa shape index (κ1) is 80.8. The predicted octanol–water partition coefficient (Wildman–Crippen LogP) is 15.1. The molecule has 0 bridgehead atoms. The normalized spacial score (nSPS) is 20.9. The Kier molecular flexibility index (Phi) is 34.8. The number of benzene rings is 6.